The number of guanidine groups is 1. The number of halogens is 1. The Morgan fingerprint density at radius 2 is 1.69 bits per heavy atom. The molecule has 0 aliphatic carbocycles. The molecule has 0 bridgehead atoms. The molecule has 0 radical (unpaired) electrons. The van der Waals surface area contributed by atoms with Crippen molar-refractivity contribution in [2.75, 3.05) is 56.5 Å². The molecule has 2 fully saturated rings. The Hall–Kier alpha value is -3.29. The quantitative estimate of drug-likeness (QED) is 0.568. The molecule has 2 saturated heterocycles. The van der Waals surface area contributed by atoms with E-state index in [1.54, 1.807) is 7.05 Å². The van der Waals surface area contributed by atoms with Gasteiger partial charge in [0.05, 0.1) is 0 Å². The van der Waals surface area contributed by atoms with E-state index >= 15 is 0 Å². The third-order valence-electron chi connectivity index (χ3n) is 6.00. The largest absolute Gasteiger partial charge is 0.368 e. The van der Waals surface area contributed by atoms with Crippen molar-refractivity contribution in [2.24, 2.45) is 4.99 Å². The summed E-state index contributed by atoms with van der Waals surface area (Å²) in [7, 11) is 1.79. The molecule has 2 aliphatic heterocycles. The summed E-state index contributed by atoms with van der Waals surface area (Å²) in [4.78, 5) is 23.1. The summed E-state index contributed by atoms with van der Waals surface area (Å²) in [6, 6.07) is 14.6. The SMILES string of the molecule is CN=C(NCc1cccc(NC(=O)N2CCCC2)c1)N1CCN(c2ccc(F)cc2)CC1. The topological polar surface area (TPSA) is 63.2 Å². The van der Waals surface area contributed by atoms with Gasteiger partial charge in [0.25, 0.3) is 0 Å². The van der Waals surface area contributed by atoms with E-state index in [-0.39, 0.29) is 11.8 Å². The molecule has 7 nitrogen and oxygen atoms in total. The fourth-order valence-corrected chi connectivity index (χ4v) is 4.22. The number of piperazine rings is 1. The average molecular weight is 439 g/mol. The minimum absolute atomic E-state index is 0.0255. The number of hydrogen-bond donors (Lipinski definition) is 2. The van der Waals surface area contributed by atoms with Crippen LogP contribution in [0.4, 0.5) is 20.6 Å². The fraction of sp³-hybridized carbons (Fsp3) is 0.417. The maximum atomic E-state index is 13.2. The van der Waals surface area contributed by atoms with Crippen molar-refractivity contribution in [2.45, 2.75) is 19.4 Å². The summed E-state index contributed by atoms with van der Waals surface area (Å²) >= 11 is 0. The molecule has 4 rings (SSSR count). The maximum absolute atomic E-state index is 13.2. The lowest BCUT2D eigenvalue weighted by Gasteiger charge is -2.37. The van der Waals surface area contributed by atoms with E-state index in [0.717, 1.165) is 75.0 Å². The summed E-state index contributed by atoms with van der Waals surface area (Å²) in [5.74, 6) is 0.645. The Bertz CT molecular complexity index is 934. The minimum Gasteiger partial charge on any atom is -0.368 e. The minimum atomic E-state index is -0.211. The lowest BCUT2D eigenvalue weighted by molar-refractivity contribution is 0.222. The number of urea groups is 1. The highest BCUT2D eigenvalue weighted by Crippen LogP contribution is 2.17. The lowest BCUT2D eigenvalue weighted by atomic mass is 10.2. The molecule has 8 heteroatoms. The Morgan fingerprint density at radius 3 is 2.38 bits per heavy atom. The Balaban J connectivity index is 1.28. The molecule has 0 saturated carbocycles. The first kappa shape index (κ1) is 21.9. The van der Waals surface area contributed by atoms with Gasteiger partial charge in [-0.1, -0.05) is 12.1 Å². The van der Waals surface area contributed by atoms with Gasteiger partial charge in [-0.3, -0.25) is 4.99 Å². The summed E-state index contributed by atoms with van der Waals surface area (Å²) in [5, 5.41) is 6.44. The molecule has 2 aliphatic rings. The molecule has 2 aromatic carbocycles. The first-order valence-corrected chi connectivity index (χ1v) is 11.2. The van der Waals surface area contributed by atoms with Crippen molar-refractivity contribution in [3.05, 3.63) is 59.9 Å². The number of likely N-dealkylation sites (tertiary alicyclic amines) is 1. The first-order valence-electron chi connectivity index (χ1n) is 11.2. The normalized spacial score (nSPS) is 16.9. The third-order valence-corrected chi connectivity index (χ3v) is 6.00. The van der Waals surface area contributed by atoms with Crippen LogP contribution in [-0.2, 0) is 6.54 Å². The summed E-state index contributed by atoms with van der Waals surface area (Å²) < 4.78 is 13.2. The number of aliphatic imine (C=N–C) groups is 1. The van der Waals surface area contributed by atoms with Crippen LogP contribution in [0.25, 0.3) is 0 Å². The molecule has 0 unspecified atom stereocenters. The first-order chi connectivity index (χ1) is 15.6. The summed E-state index contributed by atoms with van der Waals surface area (Å²) in [6.07, 6.45) is 2.16. The van der Waals surface area contributed by atoms with Gasteiger partial charge in [0.15, 0.2) is 5.96 Å². The van der Waals surface area contributed by atoms with E-state index in [0.29, 0.717) is 6.54 Å². The number of carbonyl (C=O) groups excluding carboxylic acids is 1. The maximum Gasteiger partial charge on any atom is 0.321 e. The molecular weight excluding hydrogens is 407 g/mol. The van der Waals surface area contributed by atoms with Crippen LogP contribution in [0.5, 0.6) is 0 Å². The smallest absolute Gasteiger partial charge is 0.321 e. The standard InChI is InChI=1S/C24H31FN6O/c1-26-23(30-15-13-29(14-16-30)22-9-7-20(25)8-10-22)27-18-19-5-4-6-21(17-19)28-24(32)31-11-2-3-12-31/h4-10,17H,2-3,11-16,18H2,1H3,(H,26,27)(H,28,32). The van der Waals surface area contributed by atoms with Gasteiger partial charge >= 0.3 is 6.03 Å². The number of nitrogens with zero attached hydrogens (tertiary/aromatic N) is 4. The zero-order chi connectivity index (χ0) is 22.3. The van der Waals surface area contributed by atoms with Crippen molar-refractivity contribution >= 4 is 23.4 Å². The van der Waals surface area contributed by atoms with Crippen molar-refractivity contribution in [3.8, 4) is 0 Å². The van der Waals surface area contributed by atoms with E-state index in [2.05, 4.69) is 25.4 Å². The Labute approximate surface area is 188 Å². The number of hydrogen-bond acceptors (Lipinski definition) is 3. The summed E-state index contributed by atoms with van der Waals surface area (Å²) in [6.45, 7) is 5.66. The van der Waals surface area contributed by atoms with E-state index in [1.807, 2.05) is 41.3 Å². The van der Waals surface area contributed by atoms with Crippen LogP contribution in [0, 0.1) is 5.82 Å². The van der Waals surface area contributed by atoms with Crippen LogP contribution in [-0.4, -0.2) is 68.1 Å². The molecular formula is C24H31FN6O. The van der Waals surface area contributed by atoms with Gasteiger partial charge in [-0.05, 0) is 54.8 Å². The van der Waals surface area contributed by atoms with Crippen LogP contribution in [0.15, 0.2) is 53.5 Å². The van der Waals surface area contributed by atoms with Crippen molar-refractivity contribution in [1.29, 1.82) is 0 Å². The molecule has 2 heterocycles. The van der Waals surface area contributed by atoms with Crippen molar-refractivity contribution in [1.82, 2.24) is 15.1 Å². The number of nitrogens with one attached hydrogen (secondary N) is 2. The van der Waals surface area contributed by atoms with Crippen molar-refractivity contribution < 1.29 is 9.18 Å². The van der Waals surface area contributed by atoms with Gasteiger partial charge in [0.2, 0.25) is 0 Å². The van der Waals surface area contributed by atoms with Crippen LogP contribution in [0.1, 0.15) is 18.4 Å². The molecule has 2 aromatic rings. The second-order valence-corrected chi connectivity index (χ2v) is 8.18. The highest BCUT2D eigenvalue weighted by molar-refractivity contribution is 5.89. The van der Waals surface area contributed by atoms with Gasteiger partial charge in [-0.2, -0.15) is 0 Å². The van der Waals surface area contributed by atoms with Crippen molar-refractivity contribution in [3.63, 3.8) is 0 Å². The number of anilines is 2. The second-order valence-electron chi connectivity index (χ2n) is 8.18. The summed E-state index contributed by atoms with van der Waals surface area (Å²) in [5.41, 5.74) is 2.93. The van der Waals surface area contributed by atoms with Gasteiger partial charge < -0.3 is 25.3 Å². The molecule has 170 valence electrons. The molecule has 2 N–H and O–H groups in total. The molecule has 0 aromatic heterocycles. The van der Waals surface area contributed by atoms with Gasteiger partial charge in [-0.25, -0.2) is 9.18 Å². The van der Waals surface area contributed by atoms with E-state index in [1.165, 1.54) is 12.1 Å². The fourth-order valence-electron chi connectivity index (χ4n) is 4.22. The van der Waals surface area contributed by atoms with Gasteiger partial charge in [-0.15, -0.1) is 0 Å². The molecule has 0 spiro atoms. The van der Waals surface area contributed by atoms with E-state index in [4.69, 9.17) is 0 Å². The Morgan fingerprint density at radius 1 is 0.969 bits per heavy atom. The number of benzene rings is 2. The zero-order valence-electron chi connectivity index (χ0n) is 18.6. The third kappa shape index (κ3) is 5.49. The molecule has 32 heavy (non-hydrogen) atoms. The monoisotopic (exact) mass is 438 g/mol. The second kappa shape index (κ2) is 10.3. The molecule has 0 atom stereocenters. The predicted molar refractivity (Wildman–Crippen MR) is 127 cm³/mol. The van der Waals surface area contributed by atoms with Crippen LogP contribution in [0.2, 0.25) is 0 Å². The number of rotatable bonds is 4. The average Bonchev–Trinajstić information content (AvgIpc) is 3.36. The molecule has 2 amide bonds. The van der Waals surface area contributed by atoms with Gasteiger partial charge in [0, 0.05) is 64.2 Å². The highest BCUT2D eigenvalue weighted by Gasteiger charge is 2.20. The number of amides is 2. The van der Waals surface area contributed by atoms with Crippen LogP contribution >= 0.6 is 0 Å². The Kier molecular flexibility index (Phi) is 7.09. The van der Waals surface area contributed by atoms with E-state index in [9.17, 15) is 9.18 Å². The predicted octanol–water partition coefficient (Wildman–Crippen LogP) is 3.35. The van der Waals surface area contributed by atoms with Crippen LogP contribution in [0.3, 0.4) is 0 Å². The van der Waals surface area contributed by atoms with Crippen LogP contribution < -0.4 is 15.5 Å². The van der Waals surface area contributed by atoms with Gasteiger partial charge in [0.1, 0.15) is 5.82 Å². The zero-order valence-corrected chi connectivity index (χ0v) is 18.6. The number of carbonyl (C=O) groups is 1. The van der Waals surface area contributed by atoms with E-state index < -0.39 is 0 Å². The highest BCUT2D eigenvalue weighted by atomic mass is 19.1. The lowest BCUT2D eigenvalue weighted by Crippen LogP contribution is -2.52.